The Labute approximate surface area is 196 Å². The molecule has 7 heteroatoms. The van der Waals surface area contributed by atoms with Gasteiger partial charge in [0.25, 0.3) is 0 Å². The van der Waals surface area contributed by atoms with Gasteiger partial charge in [-0.25, -0.2) is 4.98 Å². The fraction of sp³-hybridized carbons (Fsp3) is 0.200. The monoisotopic (exact) mass is 465 g/mol. The van der Waals surface area contributed by atoms with Gasteiger partial charge in [-0.15, -0.1) is 0 Å². The van der Waals surface area contributed by atoms with E-state index >= 15 is 0 Å². The third-order valence-electron chi connectivity index (χ3n) is 5.87. The highest BCUT2D eigenvalue weighted by molar-refractivity contribution is 6.42. The third-order valence-corrected chi connectivity index (χ3v) is 6.61. The summed E-state index contributed by atoms with van der Waals surface area (Å²) in [4.78, 5) is 19.7. The number of rotatable bonds is 5. The maximum absolute atomic E-state index is 13.0. The van der Waals surface area contributed by atoms with Crippen LogP contribution in [0.15, 0.2) is 66.7 Å². The van der Waals surface area contributed by atoms with Gasteiger partial charge in [0.15, 0.2) is 0 Å². The summed E-state index contributed by atoms with van der Waals surface area (Å²) >= 11 is 12.4. The van der Waals surface area contributed by atoms with Gasteiger partial charge in [-0.3, -0.25) is 4.79 Å². The molecule has 1 fully saturated rings. The quantitative estimate of drug-likeness (QED) is 0.367. The van der Waals surface area contributed by atoms with Crippen LogP contribution in [0.4, 0.5) is 5.69 Å². The van der Waals surface area contributed by atoms with Gasteiger partial charge < -0.3 is 14.2 Å². The lowest BCUT2D eigenvalue weighted by Gasteiger charge is -2.20. The molecule has 1 amide bonds. The van der Waals surface area contributed by atoms with Crippen molar-refractivity contribution in [3.8, 4) is 5.75 Å². The van der Waals surface area contributed by atoms with Crippen LogP contribution < -0.4 is 9.64 Å². The molecule has 0 aliphatic carbocycles. The molecule has 2 heterocycles. The van der Waals surface area contributed by atoms with Gasteiger partial charge in [0.05, 0.1) is 33.9 Å². The van der Waals surface area contributed by atoms with E-state index in [1.165, 1.54) is 0 Å². The molecule has 1 atom stereocenters. The highest BCUT2D eigenvalue weighted by Crippen LogP contribution is 2.37. The highest BCUT2D eigenvalue weighted by Gasteiger charge is 2.36. The number of nitrogens with zero attached hydrogens (tertiary/aromatic N) is 3. The maximum atomic E-state index is 13.0. The second kappa shape index (κ2) is 8.49. The van der Waals surface area contributed by atoms with E-state index in [-0.39, 0.29) is 11.8 Å². The topological polar surface area (TPSA) is 47.4 Å². The predicted octanol–water partition coefficient (Wildman–Crippen LogP) is 5.92. The Kier molecular flexibility index (Phi) is 5.53. The molecular weight excluding hydrogens is 445 g/mol. The van der Waals surface area contributed by atoms with Gasteiger partial charge in [-0.2, -0.15) is 0 Å². The van der Waals surface area contributed by atoms with Gasteiger partial charge in [-0.05, 0) is 42.0 Å². The highest BCUT2D eigenvalue weighted by atomic mass is 35.5. The summed E-state index contributed by atoms with van der Waals surface area (Å²) in [6.07, 6.45) is 0.392. The number of hydrogen-bond donors (Lipinski definition) is 0. The minimum Gasteiger partial charge on any atom is -0.495 e. The Morgan fingerprint density at radius 2 is 1.81 bits per heavy atom. The van der Waals surface area contributed by atoms with Crippen LogP contribution >= 0.6 is 23.2 Å². The summed E-state index contributed by atoms with van der Waals surface area (Å²) in [5.74, 6) is 1.60. The third kappa shape index (κ3) is 3.72. The van der Waals surface area contributed by atoms with E-state index in [1.54, 1.807) is 18.1 Å². The summed E-state index contributed by atoms with van der Waals surface area (Å²) < 4.78 is 7.66. The number of benzene rings is 3. The van der Waals surface area contributed by atoms with Crippen LogP contribution in [0, 0.1) is 0 Å². The van der Waals surface area contributed by atoms with Gasteiger partial charge in [0.1, 0.15) is 11.6 Å². The molecule has 1 unspecified atom stereocenters. The number of amides is 1. The van der Waals surface area contributed by atoms with Crippen molar-refractivity contribution in [3.05, 3.63) is 88.2 Å². The summed E-state index contributed by atoms with van der Waals surface area (Å²) in [5.41, 5.74) is 3.74. The van der Waals surface area contributed by atoms with E-state index in [1.807, 2.05) is 54.6 Å². The fourth-order valence-electron chi connectivity index (χ4n) is 4.36. The molecule has 1 aliphatic heterocycles. The van der Waals surface area contributed by atoms with Gasteiger partial charge in [-0.1, -0.05) is 53.5 Å². The fourth-order valence-corrected chi connectivity index (χ4v) is 4.68. The van der Waals surface area contributed by atoms with Gasteiger partial charge in [0.2, 0.25) is 5.91 Å². The van der Waals surface area contributed by atoms with Crippen LogP contribution in [-0.2, 0) is 11.3 Å². The van der Waals surface area contributed by atoms with Crippen molar-refractivity contribution in [2.75, 3.05) is 18.6 Å². The molecule has 3 aromatic carbocycles. The minimum atomic E-state index is -0.0393. The molecule has 4 aromatic rings. The Balaban J connectivity index is 1.53. The Hall–Kier alpha value is -3.02. The van der Waals surface area contributed by atoms with Gasteiger partial charge >= 0.3 is 0 Å². The van der Waals surface area contributed by atoms with Crippen molar-refractivity contribution in [2.45, 2.75) is 18.9 Å². The lowest BCUT2D eigenvalue weighted by atomic mass is 10.1. The number of anilines is 1. The molecular formula is C25H21Cl2N3O2. The largest absolute Gasteiger partial charge is 0.495 e. The number of fused-ring (bicyclic) bond motifs is 1. The van der Waals surface area contributed by atoms with Crippen molar-refractivity contribution in [2.24, 2.45) is 0 Å². The van der Waals surface area contributed by atoms with Crippen molar-refractivity contribution in [1.29, 1.82) is 0 Å². The maximum Gasteiger partial charge on any atom is 0.227 e. The predicted molar refractivity (Wildman–Crippen MR) is 128 cm³/mol. The normalized spacial score (nSPS) is 16.2. The molecule has 0 bridgehead atoms. The first kappa shape index (κ1) is 20.9. The van der Waals surface area contributed by atoms with Gasteiger partial charge in [0, 0.05) is 25.4 Å². The molecule has 1 aliphatic rings. The van der Waals surface area contributed by atoms with E-state index in [0.717, 1.165) is 28.1 Å². The van der Waals surface area contributed by atoms with Crippen molar-refractivity contribution >= 4 is 45.8 Å². The second-order valence-electron chi connectivity index (χ2n) is 7.87. The number of ether oxygens (including phenoxy) is 1. The molecule has 162 valence electrons. The van der Waals surface area contributed by atoms with E-state index in [2.05, 4.69) is 10.6 Å². The van der Waals surface area contributed by atoms with Crippen LogP contribution in [0.1, 0.15) is 23.7 Å². The first-order valence-corrected chi connectivity index (χ1v) is 11.1. The zero-order valence-corrected chi connectivity index (χ0v) is 19.0. The molecule has 1 aromatic heterocycles. The number of imidazole rings is 1. The number of halogens is 2. The van der Waals surface area contributed by atoms with Crippen LogP contribution in [0.5, 0.6) is 5.75 Å². The molecule has 1 saturated heterocycles. The molecule has 5 rings (SSSR count). The lowest BCUT2D eigenvalue weighted by Crippen LogP contribution is -2.25. The van der Waals surface area contributed by atoms with Crippen LogP contribution in [-0.4, -0.2) is 29.1 Å². The van der Waals surface area contributed by atoms with E-state index in [9.17, 15) is 4.79 Å². The van der Waals surface area contributed by atoms with Crippen molar-refractivity contribution < 1.29 is 9.53 Å². The number of carbonyl (C=O) groups is 1. The SMILES string of the molecule is COc1ccccc1N1CC(c2nc3ccccc3n2Cc2ccc(Cl)c(Cl)c2)CC1=O. The average Bonchev–Trinajstić information content (AvgIpc) is 3.37. The van der Waals surface area contributed by atoms with Crippen LogP contribution in [0.25, 0.3) is 11.0 Å². The van der Waals surface area contributed by atoms with Crippen LogP contribution in [0.2, 0.25) is 10.0 Å². The lowest BCUT2D eigenvalue weighted by molar-refractivity contribution is -0.117. The average molecular weight is 466 g/mol. The standard InChI is InChI=1S/C25H21Cl2N3O2/c1-32-23-9-5-4-8-22(23)29-15-17(13-24(29)31)25-28-20-6-2-3-7-21(20)30(25)14-16-10-11-18(26)19(27)12-16/h2-12,17H,13-15H2,1H3. The van der Waals surface area contributed by atoms with Crippen molar-refractivity contribution in [3.63, 3.8) is 0 Å². The molecule has 0 spiro atoms. The Morgan fingerprint density at radius 1 is 1.03 bits per heavy atom. The molecule has 0 saturated carbocycles. The number of methoxy groups -OCH3 is 1. The number of para-hydroxylation sites is 4. The van der Waals surface area contributed by atoms with E-state index in [0.29, 0.717) is 35.3 Å². The summed E-state index contributed by atoms with van der Waals surface area (Å²) in [5, 5.41) is 1.05. The summed E-state index contributed by atoms with van der Waals surface area (Å²) in [6, 6.07) is 21.3. The summed E-state index contributed by atoms with van der Waals surface area (Å²) in [7, 11) is 1.62. The molecule has 32 heavy (non-hydrogen) atoms. The van der Waals surface area contributed by atoms with E-state index in [4.69, 9.17) is 32.9 Å². The second-order valence-corrected chi connectivity index (χ2v) is 8.68. The Morgan fingerprint density at radius 3 is 2.62 bits per heavy atom. The minimum absolute atomic E-state index is 0.0393. The van der Waals surface area contributed by atoms with Crippen LogP contribution in [0.3, 0.4) is 0 Å². The van der Waals surface area contributed by atoms with Crippen molar-refractivity contribution in [1.82, 2.24) is 9.55 Å². The van der Waals surface area contributed by atoms with E-state index < -0.39 is 0 Å². The molecule has 0 N–H and O–H groups in total. The Bertz CT molecular complexity index is 1320. The first-order chi connectivity index (χ1) is 15.5. The number of aromatic nitrogens is 2. The molecule has 0 radical (unpaired) electrons. The number of carbonyl (C=O) groups excluding carboxylic acids is 1. The number of hydrogen-bond acceptors (Lipinski definition) is 3. The summed E-state index contributed by atoms with van der Waals surface area (Å²) in [6.45, 7) is 1.13. The smallest absolute Gasteiger partial charge is 0.227 e. The zero-order valence-electron chi connectivity index (χ0n) is 17.5. The first-order valence-electron chi connectivity index (χ1n) is 10.4. The zero-order chi connectivity index (χ0) is 22.2. The molecule has 5 nitrogen and oxygen atoms in total.